The van der Waals surface area contributed by atoms with Gasteiger partial charge in [-0.2, -0.15) is 5.10 Å². The zero-order valence-corrected chi connectivity index (χ0v) is 9.41. The van der Waals surface area contributed by atoms with E-state index in [4.69, 9.17) is 4.74 Å². The number of carbonyl (C=O) groups excluding carboxylic acids is 1. The zero-order valence-electron chi connectivity index (χ0n) is 9.41. The lowest BCUT2D eigenvalue weighted by molar-refractivity contribution is 0.0982. The van der Waals surface area contributed by atoms with Gasteiger partial charge in [-0.3, -0.25) is 4.79 Å². The molecule has 1 aromatic rings. The van der Waals surface area contributed by atoms with E-state index in [1.807, 2.05) is 20.8 Å². The quantitative estimate of drug-likeness (QED) is 0.710. The van der Waals surface area contributed by atoms with Crippen molar-refractivity contribution < 1.29 is 9.53 Å². The predicted octanol–water partition coefficient (Wildman–Crippen LogP) is 2.13. The molecule has 4 heteroatoms. The van der Waals surface area contributed by atoms with Gasteiger partial charge in [0, 0.05) is 6.42 Å². The predicted molar refractivity (Wildman–Crippen MR) is 56.4 cm³/mol. The average molecular weight is 208 g/mol. The molecule has 0 fully saturated rings. The molecule has 0 amide bonds. The SMILES string of the molecule is Cc1nn(C(C)C)c2c1C(=O)CCCO2. The lowest BCUT2D eigenvalue weighted by Gasteiger charge is -2.10. The van der Waals surface area contributed by atoms with Crippen LogP contribution >= 0.6 is 0 Å². The van der Waals surface area contributed by atoms with Crippen LogP contribution in [0.5, 0.6) is 5.88 Å². The van der Waals surface area contributed by atoms with Crippen LogP contribution in [-0.2, 0) is 0 Å². The molecular formula is C11H16N2O2. The van der Waals surface area contributed by atoms with Crippen LogP contribution in [0.2, 0.25) is 0 Å². The first-order chi connectivity index (χ1) is 7.11. The molecule has 4 nitrogen and oxygen atoms in total. The van der Waals surface area contributed by atoms with Gasteiger partial charge in [-0.1, -0.05) is 0 Å². The summed E-state index contributed by atoms with van der Waals surface area (Å²) in [5.74, 6) is 0.817. The van der Waals surface area contributed by atoms with Gasteiger partial charge in [0.05, 0.1) is 18.3 Å². The highest BCUT2D eigenvalue weighted by atomic mass is 16.5. The standard InChI is InChI=1S/C11H16N2O2/c1-7(2)13-11-10(8(3)12-13)9(14)5-4-6-15-11/h7H,4-6H2,1-3H3. The molecule has 0 aliphatic carbocycles. The molecule has 15 heavy (non-hydrogen) atoms. The van der Waals surface area contributed by atoms with Gasteiger partial charge < -0.3 is 4.74 Å². The van der Waals surface area contributed by atoms with E-state index >= 15 is 0 Å². The van der Waals surface area contributed by atoms with Crippen molar-refractivity contribution in [2.45, 2.75) is 39.7 Å². The summed E-state index contributed by atoms with van der Waals surface area (Å²) < 4.78 is 7.41. The van der Waals surface area contributed by atoms with Crippen LogP contribution in [0.4, 0.5) is 0 Å². The van der Waals surface area contributed by atoms with Crippen molar-refractivity contribution in [3.63, 3.8) is 0 Å². The molecular weight excluding hydrogens is 192 g/mol. The van der Waals surface area contributed by atoms with Gasteiger partial charge in [0.15, 0.2) is 5.78 Å². The minimum atomic E-state index is 0.159. The van der Waals surface area contributed by atoms with Crippen molar-refractivity contribution in [1.29, 1.82) is 0 Å². The topological polar surface area (TPSA) is 44.1 Å². The number of carbonyl (C=O) groups is 1. The largest absolute Gasteiger partial charge is 0.477 e. The first kappa shape index (κ1) is 10.2. The van der Waals surface area contributed by atoms with E-state index in [1.54, 1.807) is 4.68 Å². The number of ketones is 1. The van der Waals surface area contributed by atoms with Crippen LogP contribution in [0.3, 0.4) is 0 Å². The van der Waals surface area contributed by atoms with E-state index in [9.17, 15) is 4.79 Å². The molecule has 0 spiro atoms. The molecule has 1 aliphatic rings. The molecule has 0 saturated carbocycles. The summed E-state index contributed by atoms with van der Waals surface area (Å²) in [6.07, 6.45) is 1.36. The van der Waals surface area contributed by atoms with Crippen molar-refractivity contribution in [3.05, 3.63) is 11.3 Å². The molecule has 0 unspecified atom stereocenters. The van der Waals surface area contributed by atoms with E-state index in [0.29, 0.717) is 24.5 Å². The third-order valence-corrected chi connectivity index (χ3v) is 2.60. The molecule has 2 heterocycles. The Morgan fingerprint density at radius 2 is 2.20 bits per heavy atom. The molecule has 0 atom stereocenters. The van der Waals surface area contributed by atoms with Gasteiger partial charge >= 0.3 is 0 Å². The van der Waals surface area contributed by atoms with E-state index in [2.05, 4.69) is 5.10 Å². The van der Waals surface area contributed by atoms with Crippen molar-refractivity contribution in [3.8, 4) is 5.88 Å². The Bertz CT molecular complexity index is 394. The average Bonchev–Trinajstić information content (AvgIpc) is 2.37. The molecule has 1 aliphatic heterocycles. The van der Waals surface area contributed by atoms with Crippen molar-refractivity contribution in [1.82, 2.24) is 9.78 Å². The summed E-state index contributed by atoms with van der Waals surface area (Å²) in [5.41, 5.74) is 1.46. The Kier molecular flexibility index (Phi) is 2.50. The summed E-state index contributed by atoms with van der Waals surface area (Å²) in [6, 6.07) is 0.221. The lowest BCUT2D eigenvalue weighted by atomic mass is 10.1. The molecule has 0 N–H and O–H groups in total. The third kappa shape index (κ3) is 1.64. The monoisotopic (exact) mass is 208 g/mol. The highest BCUT2D eigenvalue weighted by Gasteiger charge is 2.25. The first-order valence-corrected chi connectivity index (χ1v) is 5.36. The number of Topliss-reactive ketones (excluding diaryl/α,β-unsaturated/α-hetero) is 1. The Hall–Kier alpha value is -1.32. The van der Waals surface area contributed by atoms with Gasteiger partial charge in [0.25, 0.3) is 0 Å². The zero-order chi connectivity index (χ0) is 11.0. The normalized spacial score (nSPS) is 16.1. The van der Waals surface area contributed by atoms with Crippen LogP contribution in [-0.4, -0.2) is 22.2 Å². The second-order valence-corrected chi connectivity index (χ2v) is 4.18. The van der Waals surface area contributed by atoms with Gasteiger partial charge in [0.2, 0.25) is 5.88 Å². The van der Waals surface area contributed by atoms with Crippen molar-refractivity contribution >= 4 is 5.78 Å². The summed E-state index contributed by atoms with van der Waals surface area (Å²) in [6.45, 7) is 6.54. The molecule has 0 aromatic carbocycles. The maximum atomic E-state index is 11.8. The summed E-state index contributed by atoms with van der Waals surface area (Å²) in [7, 11) is 0. The lowest BCUT2D eigenvalue weighted by Crippen LogP contribution is -2.07. The van der Waals surface area contributed by atoms with Gasteiger partial charge in [-0.05, 0) is 27.2 Å². The number of ether oxygens (including phenoxy) is 1. The number of fused-ring (bicyclic) bond motifs is 1. The highest BCUT2D eigenvalue weighted by molar-refractivity contribution is 5.99. The Balaban J connectivity index is 2.55. The van der Waals surface area contributed by atoms with Gasteiger partial charge in [-0.15, -0.1) is 0 Å². The molecule has 0 radical (unpaired) electrons. The molecule has 0 bridgehead atoms. The third-order valence-electron chi connectivity index (χ3n) is 2.60. The Morgan fingerprint density at radius 1 is 1.47 bits per heavy atom. The number of aryl methyl sites for hydroxylation is 1. The van der Waals surface area contributed by atoms with E-state index in [-0.39, 0.29) is 11.8 Å². The van der Waals surface area contributed by atoms with Crippen LogP contribution in [0.15, 0.2) is 0 Å². The molecule has 82 valence electrons. The number of nitrogens with zero attached hydrogens (tertiary/aromatic N) is 2. The Labute approximate surface area is 89.2 Å². The molecule has 1 aromatic heterocycles. The number of rotatable bonds is 1. The number of hydrogen-bond acceptors (Lipinski definition) is 3. The summed E-state index contributed by atoms with van der Waals surface area (Å²) in [5, 5.41) is 4.35. The van der Waals surface area contributed by atoms with E-state index < -0.39 is 0 Å². The van der Waals surface area contributed by atoms with E-state index in [0.717, 1.165) is 12.1 Å². The van der Waals surface area contributed by atoms with Gasteiger partial charge in [-0.25, -0.2) is 4.68 Å². The molecule has 0 saturated heterocycles. The smallest absolute Gasteiger partial charge is 0.223 e. The fraction of sp³-hybridized carbons (Fsp3) is 0.636. The first-order valence-electron chi connectivity index (χ1n) is 5.36. The number of aromatic nitrogens is 2. The van der Waals surface area contributed by atoms with E-state index in [1.165, 1.54) is 0 Å². The Morgan fingerprint density at radius 3 is 2.87 bits per heavy atom. The minimum Gasteiger partial charge on any atom is -0.477 e. The van der Waals surface area contributed by atoms with Crippen LogP contribution in [0, 0.1) is 6.92 Å². The van der Waals surface area contributed by atoms with Crippen LogP contribution in [0.25, 0.3) is 0 Å². The fourth-order valence-corrected chi connectivity index (χ4v) is 1.86. The van der Waals surface area contributed by atoms with Crippen molar-refractivity contribution in [2.75, 3.05) is 6.61 Å². The summed E-state index contributed by atoms with van der Waals surface area (Å²) in [4.78, 5) is 11.8. The van der Waals surface area contributed by atoms with Crippen LogP contribution in [0.1, 0.15) is 48.8 Å². The van der Waals surface area contributed by atoms with Crippen molar-refractivity contribution in [2.24, 2.45) is 0 Å². The maximum absolute atomic E-state index is 11.8. The fourth-order valence-electron chi connectivity index (χ4n) is 1.86. The molecule has 2 rings (SSSR count). The second kappa shape index (κ2) is 3.68. The summed E-state index contributed by atoms with van der Waals surface area (Å²) >= 11 is 0. The highest BCUT2D eigenvalue weighted by Crippen LogP contribution is 2.29. The van der Waals surface area contributed by atoms with Gasteiger partial charge in [0.1, 0.15) is 5.56 Å². The second-order valence-electron chi connectivity index (χ2n) is 4.18. The maximum Gasteiger partial charge on any atom is 0.223 e. The number of hydrogen-bond donors (Lipinski definition) is 0. The van der Waals surface area contributed by atoms with Crippen LogP contribution < -0.4 is 4.74 Å². The minimum absolute atomic E-state index is 0.159.